The molecule has 1 saturated heterocycles. The lowest BCUT2D eigenvalue weighted by Crippen LogP contribution is -2.49. The van der Waals surface area contributed by atoms with Crippen LogP contribution in [0.2, 0.25) is 0 Å². The second-order valence-electron chi connectivity index (χ2n) is 6.42. The normalized spacial score (nSPS) is 18.3. The minimum atomic E-state index is -0.220. The Labute approximate surface area is 139 Å². The zero-order chi connectivity index (χ0) is 16.7. The second kappa shape index (κ2) is 5.87. The summed E-state index contributed by atoms with van der Waals surface area (Å²) in [5.74, 6) is 0.735. The predicted octanol–water partition coefficient (Wildman–Crippen LogP) is 2.87. The lowest BCUT2D eigenvalue weighted by Gasteiger charge is -2.32. The molecular formula is C18H20FN5. The molecule has 3 aromatic rings. The number of nitrogens with zero attached hydrogens (tertiary/aromatic N) is 3. The molecule has 1 unspecified atom stereocenters. The molecule has 2 aromatic heterocycles. The molecule has 4 rings (SSSR count). The van der Waals surface area contributed by atoms with Gasteiger partial charge in [-0.2, -0.15) is 5.10 Å². The first kappa shape index (κ1) is 15.1. The van der Waals surface area contributed by atoms with Gasteiger partial charge in [0, 0.05) is 42.8 Å². The molecule has 1 fully saturated rings. The topological polar surface area (TPSA) is 56.8 Å². The third kappa shape index (κ3) is 2.63. The van der Waals surface area contributed by atoms with E-state index in [-0.39, 0.29) is 5.82 Å². The number of piperazine rings is 1. The summed E-state index contributed by atoms with van der Waals surface area (Å²) in [4.78, 5) is 6.80. The van der Waals surface area contributed by atoms with Gasteiger partial charge in [-0.1, -0.05) is 0 Å². The highest BCUT2D eigenvalue weighted by molar-refractivity contribution is 5.93. The number of pyridine rings is 1. The number of halogens is 1. The van der Waals surface area contributed by atoms with Crippen molar-refractivity contribution in [2.75, 3.05) is 24.5 Å². The first-order chi connectivity index (χ1) is 11.6. The van der Waals surface area contributed by atoms with Crippen LogP contribution in [0, 0.1) is 12.7 Å². The van der Waals surface area contributed by atoms with Gasteiger partial charge in [0.05, 0.1) is 5.52 Å². The van der Waals surface area contributed by atoms with Gasteiger partial charge < -0.3 is 10.2 Å². The number of nitrogens with one attached hydrogen (secondary N) is 2. The molecule has 1 aromatic carbocycles. The number of H-pyrrole nitrogens is 1. The maximum atomic E-state index is 13.7. The number of hydrogen-bond acceptors (Lipinski definition) is 4. The fraction of sp³-hybridized carbons (Fsp3) is 0.333. The van der Waals surface area contributed by atoms with Crippen molar-refractivity contribution in [3.63, 3.8) is 0 Å². The van der Waals surface area contributed by atoms with E-state index >= 15 is 0 Å². The Bertz CT molecular complexity index is 888. The molecule has 0 spiro atoms. The van der Waals surface area contributed by atoms with Crippen LogP contribution < -0.4 is 10.2 Å². The number of rotatable bonds is 2. The van der Waals surface area contributed by atoms with E-state index in [1.165, 1.54) is 6.07 Å². The average molecular weight is 325 g/mol. The molecule has 3 heterocycles. The quantitative estimate of drug-likeness (QED) is 0.761. The van der Waals surface area contributed by atoms with E-state index in [2.05, 4.69) is 38.4 Å². The van der Waals surface area contributed by atoms with Gasteiger partial charge in [-0.05, 0) is 43.7 Å². The zero-order valence-electron chi connectivity index (χ0n) is 13.8. The Morgan fingerprint density at radius 3 is 3.00 bits per heavy atom. The van der Waals surface area contributed by atoms with E-state index in [4.69, 9.17) is 0 Å². The fourth-order valence-corrected chi connectivity index (χ4v) is 3.25. The lowest BCUT2D eigenvalue weighted by atomic mass is 10.1. The Morgan fingerprint density at radius 2 is 2.17 bits per heavy atom. The van der Waals surface area contributed by atoms with Crippen LogP contribution in [-0.2, 0) is 0 Å². The molecule has 0 amide bonds. The summed E-state index contributed by atoms with van der Waals surface area (Å²) in [6, 6.07) is 7.80. The first-order valence-corrected chi connectivity index (χ1v) is 8.21. The van der Waals surface area contributed by atoms with Crippen LogP contribution in [0.3, 0.4) is 0 Å². The number of anilines is 1. The van der Waals surface area contributed by atoms with Crippen molar-refractivity contribution in [1.82, 2.24) is 20.5 Å². The van der Waals surface area contributed by atoms with Crippen molar-refractivity contribution >= 4 is 16.7 Å². The molecule has 24 heavy (non-hydrogen) atoms. The zero-order valence-corrected chi connectivity index (χ0v) is 13.8. The van der Waals surface area contributed by atoms with Crippen LogP contribution in [-0.4, -0.2) is 40.9 Å². The highest BCUT2D eigenvalue weighted by atomic mass is 19.1. The van der Waals surface area contributed by atoms with Crippen LogP contribution in [0.25, 0.3) is 22.2 Å². The van der Waals surface area contributed by atoms with Gasteiger partial charge in [-0.15, -0.1) is 0 Å². The molecule has 1 aliphatic rings. The molecule has 1 atom stereocenters. The maximum Gasteiger partial charge on any atom is 0.129 e. The van der Waals surface area contributed by atoms with Gasteiger partial charge in [0.2, 0.25) is 0 Å². The van der Waals surface area contributed by atoms with Crippen molar-refractivity contribution in [1.29, 1.82) is 0 Å². The van der Waals surface area contributed by atoms with Crippen molar-refractivity contribution in [3.05, 3.63) is 41.8 Å². The number of fused-ring (bicyclic) bond motifs is 1. The van der Waals surface area contributed by atoms with Gasteiger partial charge in [-0.25, -0.2) is 9.37 Å². The number of aromatic nitrogens is 3. The van der Waals surface area contributed by atoms with Gasteiger partial charge in [-0.3, -0.25) is 5.10 Å². The maximum absolute atomic E-state index is 13.7. The summed E-state index contributed by atoms with van der Waals surface area (Å²) >= 11 is 0. The highest BCUT2D eigenvalue weighted by Crippen LogP contribution is 2.29. The van der Waals surface area contributed by atoms with Crippen molar-refractivity contribution in [3.8, 4) is 11.3 Å². The molecular weight excluding hydrogens is 305 g/mol. The van der Waals surface area contributed by atoms with Gasteiger partial charge in [0.1, 0.15) is 17.3 Å². The van der Waals surface area contributed by atoms with E-state index in [0.717, 1.165) is 42.1 Å². The molecule has 0 saturated carbocycles. The molecule has 0 bridgehead atoms. The third-order valence-corrected chi connectivity index (χ3v) is 4.55. The smallest absolute Gasteiger partial charge is 0.129 e. The summed E-state index contributed by atoms with van der Waals surface area (Å²) in [6.07, 6.45) is 1.81. The van der Waals surface area contributed by atoms with Crippen LogP contribution in [0.5, 0.6) is 0 Å². The average Bonchev–Trinajstić information content (AvgIpc) is 2.98. The third-order valence-electron chi connectivity index (χ3n) is 4.55. The van der Waals surface area contributed by atoms with Crippen molar-refractivity contribution < 1.29 is 4.39 Å². The van der Waals surface area contributed by atoms with Gasteiger partial charge in [0.15, 0.2) is 0 Å². The molecule has 6 heteroatoms. The summed E-state index contributed by atoms with van der Waals surface area (Å²) in [7, 11) is 0. The predicted molar refractivity (Wildman–Crippen MR) is 93.7 cm³/mol. The minimum absolute atomic E-state index is 0.220. The summed E-state index contributed by atoms with van der Waals surface area (Å²) < 4.78 is 13.7. The van der Waals surface area contributed by atoms with E-state index < -0.39 is 0 Å². The summed E-state index contributed by atoms with van der Waals surface area (Å²) in [5.41, 5.74) is 3.15. The molecule has 124 valence electrons. The monoisotopic (exact) mass is 325 g/mol. The standard InChI is InChI=1S/C18H20FN5/c1-11-7-14-16(9-15(11)19)22-23-18(14)13-3-4-21-17(8-13)24-6-5-20-12(2)10-24/h3-4,7-9,12,20H,5-6,10H2,1-2H3,(H,22,23). The Morgan fingerprint density at radius 1 is 1.29 bits per heavy atom. The lowest BCUT2D eigenvalue weighted by molar-refractivity contribution is 0.482. The Kier molecular flexibility index (Phi) is 3.69. The molecule has 0 radical (unpaired) electrons. The van der Waals surface area contributed by atoms with E-state index in [0.29, 0.717) is 17.1 Å². The van der Waals surface area contributed by atoms with Crippen LogP contribution in [0.15, 0.2) is 30.5 Å². The fourth-order valence-electron chi connectivity index (χ4n) is 3.25. The number of aromatic amines is 1. The molecule has 1 aliphatic heterocycles. The second-order valence-corrected chi connectivity index (χ2v) is 6.42. The SMILES string of the molecule is Cc1cc2c(-c3ccnc(N4CCNC(C)C4)c3)n[nH]c2cc1F. The summed E-state index contributed by atoms with van der Waals surface area (Å²) in [5, 5.41) is 11.7. The number of aryl methyl sites for hydroxylation is 1. The van der Waals surface area contributed by atoms with Crippen molar-refractivity contribution in [2.24, 2.45) is 0 Å². The van der Waals surface area contributed by atoms with Crippen molar-refractivity contribution in [2.45, 2.75) is 19.9 Å². The number of benzene rings is 1. The molecule has 2 N–H and O–H groups in total. The van der Waals surface area contributed by atoms with E-state index in [1.54, 1.807) is 6.92 Å². The Hall–Kier alpha value is -2.47. The molecule has 5 nitrogen and oxygen atoms in total. The van der Waals surface area contributed by atoms with Crippen LogP contribution >= 0.6 is 0 Å². The molecule has 0 aliphatic carbocycles. The van der Waals surface area contributed by atoms with Gasteiger partial charge in [0.25, 0.3) is 0 Å². The first-order valence-electron chi connectivity index (χ1n) is 8.21. The summed E-state index contributed by atoms with van der Waals surface area (Å²) in [6.45, 7) is 6.77. The number of hydrogen-bond donors (Lipinski definition) is 2. The minimum Gasteiger partial charge on any atom is -0.354 e. The largest absolute Gasteiger partial charge is 0.354 e. The van der Waals surface area contributed by atoms with E-state index in [9.17, 15) is 4.39 Å². The van der Waals surface area contributed by atoms with Crippen LogP contribution in [0.1, 0.15) is 12.5 Å². The Balaban J connectivity index is 1.75. The highest BCUT2D eigenvalue weighted by Gasteiger charge is 2.18. The van der Waals surface area contributed by atoms with Gasteiger partial charge >= 0.3 is 0 Å². The van der Waals surface area contributed by atoms with Crippen LogP contribution in [0.4, 0.5) is 10.2 Å². The van der Waals surface area contributed by atoms with E-state index in [1.807, 2.05) is 18.3 Å².